The molecular weight excluding hydrogens is 266 g/mol. The molecular formula is C14H18ClNO3. The molecule has 0 fully saturated rings. The minimum absolute atomic E-state index is 0.330. The highest BCUT2D eigenvalue weighted by molar-refractivity contribution is 6.30. The van der Waals surface area contributed by atoms with Gasteiger partial charge >= 0.3 is 5.97 Å². The molecule has 104 valence electrons. The molecule has 1 aromatic carbocycles. The first kappa shape index (κ1) is 15.5. The topological polar surface area (TPSA) is 66.4 Å². The predicted octanol–water partition coefficient (Wildman–Crippen LogP) is 2.60. The van der Waals surface area contributed by atoms with Gasteiger partial charge in [-0.15, -0.1) is 0 Å². The van der Waals surface area contributed by atoms with Crippen molar-refractivity contribution >= 4 is 23.5 Å². The molecule has 1 unspecified atom stereocenters. The van der Waals surface area contributed by atoms with Crippen LogP contribution in [0, 0.1) is 0 Å². The van der Waals surface area contributed by atoms with Gasteiger partial charge in [0.15, 0.2) is 0 Å². The Balaban J connectivity index is 2.93. The largest absolute Gasteiger partial charge is 0.480 e. The average Bonchev–Trinajstić information content (AvgIpc) is 2.35. The van der Waals surface area contributed by atoms with E-state index in [2.05, 4.69) is 5.32 Å². The molecule has 0 heterocycles. The van der Waals surface area contributed by atoms with Gasteiger partial charge in [0.1, 0.15) is 6.04 Å². The summed E-state index contributed by atoms with van der Waals surface area (Å²) in [6, 6.07) is 6.13. The van der Waals surface area contributed by atoms with Gasteiger partial charge in [0.2, 0.25) is 5.91 Å². The van der Waals surface area contributed by atoms with Crippen LogP contribution in [-0.2, 0) is 15.0 Å². The zero-order chi connectivity index (χ0) is 14.6. The Bertz CT molecular complexity index is 485. The second kappa shape index (κ2) is 6.06. The van der Waals surface area contributed by atoms with E-state index in [0.717, 1.165) is 5.56 Å². The molecule has 0 aromatic heterocycles. The Hall–Kier alpha value is -1.55. The third kappa shape index (κ3) is 3.70. The van der Waals surface area contributed by atoms with Gasteiger partial charge < -0.3 is 10.4 Å². The second-order valence-electron chi connectivity index (χ2n) is 4.91. The van der Waals surface area contributed by atoms with Gasteiger partial charge in [0, 0.05) is 5.02 Å². The molecule has 0 spiro atoms. The summed E-state index contributed by atoms with van der Waals surface area (Å²) >= 11 is 5.91. The van der Waals surface area contributed by atoms with Crippen molar-refractivity contribution in [1.82, 2.24) is 5.32 Å². The van der Waals surface area contributed by atoms with Gasteiger partial charge in [-0.3, -0.25) is 4.79 Å². The number of carbonyl (C=O) groups excluding carboxylic acids is 1. The van der Waals surface area contributed by atoms with Crippen molar-refractivity contribution in [3.8, 4) is 0 Å². The van der Waals surface area contributed by atoms with Gasteiger partial charge in [-0.25, -0.2) is 4.79 Å². The number of halogens is 1. The number of nitrogens with one attached hydrogen (secondary N) is 1. The maximum absolute atomic E-state index is 12.2. The number of amides is 1. The molecule has 5 heteroatoms. The molecule has 0 aliphatic rings. The molecule has 2 N–H and O–H groups in total. The lowest BCUT2D eigenvalue weighted by Crippen LogP contribution is -2.48. The molecule has 0 saturated carbocycles. The van der Waals surface area contributed by atoms with Gasteiger partial charge in [0.25, 0.3) is 0 Å². The van der Waals surface area contributed by atoms with Crippen molar-refractivity contribution in [3.63, 3.8) is 0 Å². The molecule has 0 aliphatic carbocycles. The van der Waals surface area contributed by atoms with E-state index in [1.54, 1.807) is 45.0 Å². The van der Waals surface area contributed by atoms with Gasteiger partial charge in [-0.1, -0.05) is 30.7 Å². The van der Waals surface area contributed by atoms with Crippen molar-refractivity contribution in [2.45, 2.75) is 38.6 Å². The number of benzene rings is 1. The van der Waals surface area contributed by atoms with Crippen LogP contribution in [0.2, 0.25) is 5.02 Å². The number of hydrogen-bond donors (Lipinski definition) is 2. The maximum Gasteiger partial charge on any atom is 0.326 e. The molecule has 1 rings (SSSR count). The fraction of sp³-hybridized carbons (Fsp3) is 0.429. The molecule has 0 saturated heterocycles. The highest BCUT2D eigenvalue weighted by Gasteiger charge is 2.32. The SMILES string of the molecule is CCC(NC(=O)C(C)(C)c1cccc(Cl)c1)C(=O)O. The van der Waals surface area contributed by atoms with E-state index in [9.17, 15) is 9.59 Å². The summed E-state index contributed by atoms with van der Waals surface area (Å²) in [5.74, 6) is -1.36. The summed E-state index contributed by atoms with van der Waals surface area (Å²) in [6.07, 6.45) is 0.340. The first-order valence-corrected chi connectivity index (χ1v) is 6.46. The van der Waals surface area contributed by atoms with Gasteiger partial charge in [-0.05, 0) is 38.0 Å². The van der Waals surface area contributed by atoms with E-state index in [4.69, 9.17) is 16.7 Å². The number of carbonyl (C=O) groups is 2. The standard InChI is InChI=1S/C14H18ClNO3/c1-4-11(12(17)18)16-13(19)14(2,3)9-6-5-7-10(15)8-9/h5-8,11H,4H2,1-3H3,(H,16,19)(H,17,18). The summed E-state index contributed by atoms with van der Waals surface area (Å²) in [5.41, 5.74) is -0.0916. The first-order valence-electron chi connectivity index (χ1n) is 6.08. The van der Waals surface area contributed by atoms with Crippen molar-refractivity contribution in [2.75, 3.05) is 0 Å². The number of carboxylic acids is 1. The van der Waals surface area contributed by atoms with Crippen LogP contribution >= 0.6 is 11.6 Å². The lowest BCUT2D eigenvalue weighted by molar-refractivity contribution is -0.142. The van der Waals surface area contributed by atoms with E-state index >= 15 is 0 Å². The zero-order valence-corrected chi connectivity index (χ0v) is 12.0. The van der Waals surface area contributed by atoms with E-state index in [1.807, 2.05) is 0 Å². The minimum Gasteiger partial charge on any atom is -0.480 e. The summed E-state index contributed by atoms with van der Waals surface area (Å²) in [6.45, 7) is 5.19. The van der Waals surface area contributed by atoms with Crippen LogP contribution in [0.15, 0.2) is 24.3 Å². The van der Waals surface area contributed by atoms with E-state index in [0.29, 0.717) is 11.4 Å². The van der Waals surface area contributed by atoms with Crippen molar-refractivity contribution in [3.05, 3.63) is 34.9 Å². The Morgan fingerprint density at radius 3 is 2.53 bits per heavy atom. The van der Waals surface area contributed by atoms with Gasteiger partial charge in [-0.2, -0.15) is 0 Å². The van der Waals surface area contributed by atoms with E-state index < -0.39 is 17.4 Å². The molecule has 0 aliphatic heterocycles. The number of carboxylic acid groups (broad SMARTS) is 1. The highest BCUT2D eigenvalue weighted by Crippen LogP contribution is 2.26. The van der Waals surface area contributed by atoms with Crippen LogP contribution in [-0.4, -0.2) is 23.0 Å². The summed E-state index contributed by atoms with van der Waals surface area (Å²) in [4.78, 5) is 23.2. The van der Waals surface area contributed by atoms with Crippen LogP contribution in [0.1, 0.15) is 32.8 Å². The number of rotatable bonds is 5. The van der Waals surface area contributed by atoms with Crippen LogP contribution in [0.4, 0.5) is 0 Å². The fourth-order valence-corrected chi connectivity index (χ4v) is 1.88. The average molecular weight is 284 g/mol. The summed E-state index contributed by atoms with van der Waals surface area (Å²) in [5, 5.41) is 12.1. The fourth-order valence-electron chi connectivity index (χ4n) is 1.69. The van der Waals surface area contributed by atoms with Crippen LogP contribution in [0.3, 0.4) is 0 Å². The minimum atomic E-state index is -1.03. The Morgan fingerprint density at radius 2 is 2.05 bits per heavy atom. The third-order valence-electron chi connectivity index (χ3n) is 3.13. The summed E-state index contributed by atoms with van der Waals surface area (Å²) in [7, 11) is 0. The van der Waals surface area contributed by atoms with Crippen LogP contribution in [0.5, 0.6) is 0 Å². The molecule has 19 heavy (non-hydrogen) atoms. The third-order valence-corrected chi connectivity index (χ3v) is 3.36. The van der Waals surface area contributed by atoms with Crippen LogP contribution < -0.4 is 5.32 Å². The molecule has 1 amide bonds. The lowest BCUT2D eigenvalue weighted by atomic mass is 9.83. The molecule has 0 radical (unpaired) electrons. The highest BCUT2D eigenvalue weighted by atomic mass is 35.5. The monoisotopic (exact) mass is 283 g/mol. The van der Waals surface area contributed by atoms with E-state index in [-0.39, 0.29) is 5.91 Å². The summed E-state index contributed by atoms with van der Waals surface area (Å²) < 4.78 is 0. The van der Waals surface area contributed by atoms with Gasteiger partial charge in [0.05, 0.1) is 5.41 Å². The second-order valence-corrected chi connectivity index (χ2v) is 5.34. The molecule has 1 atom stereocenters. The Kier molecular flexibility index (Phi) is 4.95. The van der Waals surface area contributed by atoms with Crippen molar-refractivity contribution < 1.29 is 14.7 Å². The smallest absolute Gasteiger partial charge is 0.326 e. The van der Waals surface area contributed by atoms with Crippen molar-refractivity contribution in [2.24, 2.45) is 0 Å². The zero-order valence-electron chi connectivity index (χ0n) is 11.2. The van der Waals surface area contributed by atoms with Crippen LogP contribution in [0.25, 0.3) is 0 Å². The Morgan fingerprint density at radius 1 is 1.42 bits per heavy atom. The number of aliphatic carboxylic acids is 1. The molecule has 0 bridgehead atoms. The first-order chi connectivity index (χ1) is 8.78. The lowest BCUT2D eigenvalue weighted by Gasteiger charge is -2.26. The van der Waals surface area contributed by atoms with E-state index in [1.165, 1.54) is 0 Å². The Labute approximate surface area is 117 Å². The molecule has 1 aromatic rings. The number of hydrogen-bond acceptors (Lipinski definition) is 2. The quantitative estimate of drug-likeness (QED) is 0.873. The predicted molar refractivity (Wildman–Crippen MR) is 74.3 cm³/mol. The maximum atomic E-state index is 12.2. The molecule has 4 nitrogen and oxygen atoms in total. The normalized spacial score (nSPS) is 12.8. The van der Waals surface area contributed by atoms with Crippen molar-refractivity contribution in [1.29, 1.82) is 0 Å².